The van der Waals surface area contributed by atoms with Gasteiger partial charge in [0, 0.05) is 44.8 Å². The maximum Gasteiger partial charge on any atom is 0.310 e. The Hall–Kier alpha value is -1.87. The van der Waals surface area contributed by atoms with Crippen molar-refractivity contribution in [3.8, 4) is 11.5 Å². The van der Waals surface area contributed by atoms with E-state index in [4.69, 9.17) is 18.9 Å². The van der Waals surface area contributed by atoms with E-state index in [0.29, 0.717) is 38.6 Å². The van der Waals surface area contributed by atoms with Crippen LogP contribution in [0.3, 0.4) is 0 Å². The van der Waals surface area contributed by atoms with Crippen LogP contribution in [0, 0.1) is 5.92 Å². The van der Waals surface area contributed by atoms with Crippen molar-refractivity contribution in [1.29, 1.82) is 0 Å². The molecular formula is C20H30N2O6. The molecule has 1 atom stereocenters. The first kappa shape index (κ1) is 20.9. The molecular weight excluding hydrogens is 364 g/mol. The smallest absolute Gasteiger partial charge is 0.310 e. The van der Waals surface area contributed by atoms with Crippen molar-refractivity contribution in [3.05, 3.63) is 23.8 Å². The van der Waals surface area contributed by atoms with Crippen molar-refractivity contribution in [2.75, 3.05) is 72.9 Å². The third-order valence-electron chi connectivity index (χ3n) is 5.13. The average molecular weight is 394 g/mol. The molecule has 1 aromatic rings. The molecule has 0 aliphatic carbocycles. The number of aliphatic carboxylic acids is 1. The maximum absolute atomic E-state index is 11.4. The maximum atomic E-state index is 11.4. The van der Waals surface area contributed by atoms with Crippen molar-refractivity contribution in [2.24, 2.45) is 5.92 Å². The number of nitrogens with zero attached hydrogens (tertiary/aromatic N) is 2. The van der Waals surface area contributed by atoms with Crippen LogP contribution in [0.2, 0.25) is 0 Å². The van der Waals surface area contributed by atoms with Crippen molar-refractivity contribution in [3.63, 3.8) is 0 Å². The van der Waals surface area contributed by atoms with E-state index in [9.17, 15) is 9.90 Å². The van der Waals surface area contributed by atoms with Crippen LogP contribution >= 0.6 is 0 Å². The lowest BCUT2D eigenvalue weighted by Crippen LogP contribution is -2.38. The molecule has 2 heterocycles. The van der Waals surface area contributed by atoms with Crippen LogP contribution in [0.4, 0.5) is 0 Å². The molecule has 0 radical (unpaired) electrons. The van der Waals surface area contributed by atoms with Gasteiger partial charge in [0.2, 0.25) is 0 Å². The molecule has 0 spiro atoms. The van der Waals surface area contributed by atoms with Crippen LogP contribution in [0.15, 0.2) is 18.2 Å². The number of carboxylic acids is 1. The average Bonchev–Trinajstić information content (AvgIpc) is 2.95. The van der Waals surface area contributed by atoms with Gasteiger partial charge in [0.05, 0.1) is 39.5 Å². The lowest BCUT2D eigenvalue weighted by molar-refractivity contribution is -0.143. The SMILES string of the molecule is COc1cccc(CN2CCOCC(C(=O)O)C2)c1OCCN1CCOCC1. The summed E-state index contributed by atoms with van der Waals surface area (Å²) in [6.45, 7) is 7.30. The van der Waals surface area contributed by atoms with E-state index < -0.39 is 11.9 Å². The van der Waals surface area contributed by atoms with Gasteiger partial charge in [0.25, 0.3) is 0 Å². The third kappa shape index (κ3) is 5.81. The molecule has 156 valence electrons. The summed E-state index contributed by atoms with van der Waals surface area (Å²) >= 11 is 0. The van der Waals surface area contributed by atoms with Gasteiger partial charge in [-0.3, -0.25) is 14.6 Å². The first-order chi connectivity index (χ1) is 13.7. The Bertz CT molecular complexity index is 635. The number of hydrogen-bond acceptors (Lipinski definition) is 7. The molecule has 2 aliphatic rings. The van der Waals surface area contributed by atoms with Crippen LogP contribution in [0.25, 0.3) is 0 Å². The first-order valence-corrected chi connectivity index (χ1v) is 9.79. The molecule has 3 rings (SSSR count). The molecule has 1 N–H and O–H groups in total. The van der Waals surface area contributed by atoms with E-state index in [1.54, 1.807) is 7.11 Å². The minimum Gasteiger partial charge on any atom is -0.493 e. The molecule has 2 saturated heterocycles. The number of carboxylic acid groups (broad SMARTS) is 1. The van der Waals surface area contributed by atoms with Crippen LogP contribution < -0.4 is 9.47 Å². The molecule has 2 aliphatic heterocycles. The highest BCUT2D eigenvalue weighted by molar-refractivity contribution is 5.70. The second kappa shape index (κ2) is 10.6. The molecule has 2 fully saturated rings. The Morgan fingerprint density at radius 2 is 1.93 bits per heavy atom. The zero-order chi connectivity index (χ0) is 19.8. The van der Waals surface area contributed by atoms with E-state index >= 15 is 0 Å². The van der Waals surface area contributed by atoms with Crippen molar-refractivity contribution in [2.45, 2.75) is 6.54 Å². The van der Waals surface area contributed by atoms with Crippen molar-refractivity contribution in [1.82, 2.24) is 9.80 Å². The Morgan fingerprint density at radius 1 is 1.18 bits per heavy atom. The standard InChI is InChI=1S/C20H30N2O6/c1-25-18-4-2-3-16(13-22-7-11-27-15-17(14-22)20(23)24)19(18)28-12-8-21-5-9-26-10-6-21/h2-4,17H,5-15H2,1H3,(H,23,24). The van der Waals surface area contributed by atoms with Gasteiger partial charge in [0.15, 0.2) is 11.5 Å². The van der Waals surface area contributed by atoms with Gasteiger partial charge >= 0.3 is 5.97 Å². The number of ether oxygens (including phenoxy) is 4. The Kier molecular flexibility index (Phi) is 7.90. The van der Waals surface area contributed by atoms with E-state index in [1.165, 1.54) is 0 Å². The fourth-order valence-electron chi connectivity index (χ4n) is 3.52. The summed E-state index contributed by atoms with van der Waals surface area (Å²) in [5.74, 6) is 0.0916. The number of hydrogen-bond donors (Lipinski definition) is 1. The zero-order valence-electron chi connectivity index (χ0n) is 16.5. The highest BCUT2D eigenvalue weighted by Gasteiger charge is 2.25. The predicted molar refractivity (Wildman–Crippen MR) is 103 cm³/mol. The van der Waals surface area contributed by atoms with Crippen LogP contribution in [-0.2, 0) is 20.8 Å². The fraction of sp³-hybridized carbons (Fsp3) is 0.650. The predicted octanol–water partition coefficient (Wildman–Crippen LogP) is 0.939. The van der Waals surface area contributed by atoms with E-state index in [2.05, 4.69) is 9.80 Å². The van der Waals surface area contributed by atoms with E-state index in [-0.39, 0.29) is 6.61 Å². The summed E-state index contributed by atoms with van der Waals surface area (Å²) in [5, 5.41) is 9.36. The van der Waals surface area contributed by atoms with Gasteiger partial charge in [-0.25, -0.2) is 0 Å². The van der Waals surface area contributed by atoms with Gasteiger partial charge in [-0.1, -0.05) is 12.1 Å². The number of rotatable bonds is 8. The fourth-order valence-corrected chi connectivity index (χ4v) is 3.52. The van der Waals surface area contributed by atoms with Crippen LogP contribution in [0.5, 0.6) is 11.5 Å². The minimum absolute atomic E-state index is 0.257. The lowest BCUT2D eigenvalue weighted by Gasteiger charge is -2.27. The Balaban J connectivity index is 1.65. The van der Waals surface area contributed by atoms with Crippen LogP contribution in [0.1, 0.15) is 5.56 Å². The second-order valence-electron chi connectivity index (χ2n) is 7.10. The molecule has 8 heteroatoms. The van der Waals surface area contributed by atoms with Crippen molar-refractivity contribution < 1.29 is 28.8 Å². The van der Waals surface area contributed by atoms with E-state index in [1.807, 2.05) is 18.2 Å². The summed E-state index contributed by atoms with van der Waals surface area (Å²) in [5.41, 5.74) is 0.993. The highest BCUT2D eigenvalue weighted by Crippen LogP contribution is 2.32. The molecule has 0 amide bonds. The number of carbonyl (C=O) groups is 1. The van der Waals surface area contributed by atoms with Gasteiger partial charge < -0.3 is 24.1 Å². The highest BCUT2D eigenvalue weighted by atomic mass is 16.5. The summed E-state index contributed by atoms with van der Waals surface area (Å²) < 4.78 is 22.5. The minimum atomic E-state index is -0.820. The molecule has 8 nitrogen and oxygen atoms in total. The quantitative estimate of drug-likeness (QED) is 0.698. The number of methoxy groups -OCH3 is 1. The lowest BCUT2D eigenvalue weighted by atomic mass is 10.1. The van der Waals surface area contributed by atoms with E-state index in [0.717, 1.165) is 44.2 Å². The second-order valence-corrected chi connectivity index (χ2v) is 7.10. The molecule has 1 aromatic carbocycles. The van der Waals surface area contributed by atoms with Gasteiger partial charge in [-0.05, 0) is 6.07 Å². The summed E-state index contributed by atoms with van der Waals surface area (Å²) in [4.78, 5) is 15.8. The molecule has 0 bridgehead atoms. The van der Waals surface area contributed by atoms with Crippen molar-refractivity contribution >= 4 is 5.97 Å². The summed E-state index contributed by atoms with van der Waals surface area (Å²) in [6.07, 6.45) is 0. The Morgan fingerprint density at radius 3 is 2.68 bits per heavy atom. The third-order valence-corrected chi connectivity index (χ3v) is 5.13. The molecule has 1 unspecified atom stereocenters. The molecule has 0 aromatic heterocycles. The molecule has 0 saturated carbocycles. The van der Waals surface area contributed by atoms with Gasteiger partial charge in [-0.2, -0.15) is 0 Å². The topological polar surface area (TPSA) is 80.7 Å². The zero-order valence-corrected chi connectivity index (χ0v) is 16.5. The van der Waals surface area contributed by atoms with Gasteiger partial charge in [0.1, 0.15) is 6.61 Å². The van der Waals surface area contributed by atoms with Crippen LogP contribution in [-0.4, -0.2) is 93.7 Å². The first-order valence-electron chi connectivity index (χ1n) is 9.79. The number of para-hydroxylation sites is 1. The largest absolute Gasteiger partial charge is 0.493 e. The Labute approximate surface area is 165 Å². The number of benzene rings is 1. The molecule has 28 heavy (non-hydrogen) atoms. The number of morpholine rings is 1. The summed E-state index contributed by atoms with van der Waals surface area (Å²) in [6, 6.07) is 5.83. The normalized spacial score (nSPS) is 21.8. The monoisotopic (exact) mass is 394 g/mol. The summed E-state index contributed by atoms with van der Waals surface area (Å²) in [7, 11) is 1.63. The van der Waals surface area contributed by atoms with Gasteiger partial charge in [-0.15, -0.1) is 0 Å².